The molecule has 0 aromatic rings. The number of halogens is 1. The number of rotatable bonds is 2. The van der Waals surface area contributed by atoms with Gasteiger partial charge in [-0.15, -0.1) is 12.4 Å². The van der Waals surface area contributed by atoms with Crippen LogP contribution in [0.4, 0.5) is 0 Å². The van der Waals surface area contributed by atoms with E-state index in [4.69, 9.17) is 5.11 Å². The third-order valence-electron chi connectivity index (χ3n) is 0.762. The number of carbonyl (C=O) groups excluding carboxylic acids is 1. The molecule has 0 amide bonds. The minimum Gasteiger partial charge on any atom is -0.478 e. The van der Waals surface area contributed by atoms with E-state index in [0.717, 1.165) is 6.08 Å². The molecule has 3 N–H and O–H groups in total. The molecule has 0 atom stereocenters. The number of hydrogen-bond donors (Lipinski definition) is 2. The van der Waals surface area contributed by atoms with E-state index in [1.54, 1.807) is 13.8 Å². The van der Waals surface area contributed by atoms with Crippen LogP contribution in [0.15, 0.2) is 12.7 Å². The van der Waals surface area contributed by atoms with Crippen molar-refractivity contribution in [3.63, 3.8) is 0 Å². The Kier molecular flexibility index (Phi) is 15.0. The second-order valence-electron chi connectivity index (χ2n) is 2.13. The maximum Gasteiger partial charge on any atom is 0.327 e. The SMILES string of the molecule is C=CC(=O)O.CC(C)C(=O)ON.Cl. The minimum absolute atomic E-state index is 0. The van der Waals surface area contributed by atoms with Crippen molar-refractivity contribution in [2.75, 3.05) is 0 Å². The molecule has 0 unspecified atom stereocenters. The second kappa shape index (κ2) is 10.9. The highest BCUT2D eigenvalue weighted by Crippen LogP contribution is 1.90. The molecule has 0 spiro atoms. The van der Waals surface area contributed by atoms with E-state index in [1.165, 1.54) is 0 Å². The van der Waals surface area contributed by atoms with Gasteiger partial charge in [0.15, 0.2) is 0 Å². The first kappa shape index (κ1) is 17.9. The molecular weight excluding hydrogens is 198 g/mol. The van der Waals surface area contributed by atoms with Crippen LogP contribution in [0.5, 0.6) is 0 Å². The van der Waals surface area contributed by atoms with Gasteiger partial charge in [-0.2, -0.15) is 5.90 Å². The number of carbonyl (C=O) groups is 2. The molecule has 5 nitrogen and oxygen atoms in total. The van der Waals surface area contributed by atoms with E-state index in [9.17, 15) is 9.59 Å². The summed E-state index contributed by atoms with van der Waals surface area (Å²) in [5.74, 6) is 3.05. The zero-order valence-corrected chi connectivity index (χ0v) is 8.34. The minimum atomic E-state index is -0.981. The molecule has 0 radical (unpaired) electrons. The van der Waals surface area contributed by atoms with E-state index in [-0.39, 0.29) is 24.3 Å². The highest BCUT2D eigenvalue weighted by Gasteiger charge is 2.04. The first-order valence-corrected chi connectivity index (χ1v) is 3.21. The van der Waals surface area contributed by atoms with E-state index in [0.29, 0.717) is 0 Å². The Labute approximate surface area is 82.9 Å². The molecule has 0 aromatic heterocycles. The van der Waals surface area contributed by atoms with Gasteiger partial charge in [0, 0.05) is 6.08 Å². The summed E-state index contributed by atoms with van der Waals surface area (Å²) >= 11 is 0. The number of aliphatic carboxylic acids is 1. The van der Waals surface area contributed by atoms with Crippen LogP contribution >= 0.6 is 12.4 Å². The molecular formula is C7H14ClNO4. The lowest BCUT2D eigenvalue weighted by Crippen LogP contribution is -2.15. The monoisotopic (exact) mass is 211 g/mol. The molecule has 0 aromatic carbocycles. The number of nitrogens with two attached hydrogens (primary N) is 1. The van der Waals surface area contributed by atoms with Gasteiger partial charge in [0.2, 0.25) is 0 Å². The van der Waals surface area contributed by atoms with Crippen LogP contribution in [0.3, 0.4) is 0 Å². The van der Waals surface area contributed by atoms with Gasteiger partial charge in [0.05, 0.1) is 5.92 Å². The summed E-state index contributed by atoms with van der Waals surface area (Å²) in [7, 11) is 0. The van der Waals surface area contributed by atoms with Crippen molar-refractivity contribution in [3.05, 3.63) is 12.7 Å². The highest BCUT2D eigenvalue weighted by molar-refractivity contribution is 5.85. The standard InChI is InChI=1S/C4H9NO2.C3H4O2.ClH/c1-3(2)4(6)7-5;1-2-3(4)5;/h3H,5H2,1-2H3;2H,1H2,(H,4,5);1H. The van der Waals surface area contributed by atoms with Gasteiger partial charge in [-0.05, 0) is 0 Å². The molecule has 0 aliphatic heterocycles. The molecule has 0 bridgehead atoms. The predicted molar refractivity (Wildman–Crippen MR) is 50.2 cm³/mol. The fraction of sp³-hybridized carbons (Fsp3) is 0.429. The van der Waals surface area contributed by atoms with Gasteiger partial charge in [-0.3, -0.25) is 4.79 Å². The summed E-state index contributed by atoms with van der Waals surface area (Å²) in [5.41, 5.74) is 0. The number of carboxylic acids is 1. The summed E-state index contributed by atoms with van der Waals surface area (Å²) in [5, 5.41) is 7.60. The second-order valence-corrected chi connectivity index (χ2v) is 2.13. The van der Waals surface area contributed by atoms with Crippen molar-refractivity contribution in [1.29, 1.82) is 0 Å². The highest BCUT2D eigenvalue weighted by atomic mass is 35.5. The molecule has 0 saturated carbocycles. The average Bonchev–Trinajstić information content (AvgIpc) is 2.04. The summed E-state index contributed by atoms with van der Waals surface area (Å²) < 4.78 is 0. The summed E-state index contributed by atoms with van der Waals surface area (Å²) in [6.07, 6.45) is 0.833. The predicted octanol–water partition coefficient (Wildman–Crippen LogP) is 0.738. The van der Waals surface area contributed by atoms with Gasteiger partial charge in [0.1, 0.15) is 0 Å². The lowest BCUT2D eigenvalue weighted by molar-refractivity contribution is -0.147. The molecule has 0 fully saturated rings. The summed E-state index contributed by atoms with van der Waals surface area (Å²) in [6.45, 7) is 6.40. The van der Waals surface area contributed by atoms with E-state index < -0.39 is 5.97 Å². The molecule has 0 heterocycles. The smallest absolute Gasteiger partial charge is 0.327 e. The summed E-state index contributed by atoms with van der Waals surface area (Å²) in [6, 6.07) is 0. The molecule has 0 aliphatic rings. The number of hydrogen-bond acceptors (Lipinski definition) is 4. The van der Waals surface area contributed by atoms with Gasteiger partial charge in [-0.25, -0.2) is 4.79 Å². The number of carboxylic acid groups (broad SMARTS) is 1. The molecule has 13 heavy (non-hydrogen) atoms. The van der Waals surface area contributed by atoms with Crippen LogP contribution in [-0.4, -0.2) is 17.0 Å². The van der Waals surface area contributed by atoms with E-state index in [2.05, 4.69) is 17.3 Å². The van der Waals surface area contributed by atoms with E-state index in [1.807, 2.05) is 0 Å². The quantitative estimate of drug-likeness (QED) is 0.519. The van der Waals surface area contributed by atoms with Gasteiger partial charge in [-0.1, -0.05) is 20.4 Å². The lowest BCUT2D eigenvalue weighted by atomic mass is 10.2. The fourth-order valence-electron chi connectivity index (χ4n) is 0.136. The zero-order valence-electron chi connectivity index (χ0n) is 7.52. The van der Waals surface area contributed by atoms with Gasteiger partial charge in [0.25, 0.3) is 0 Å². The molecule has 78 valence electrons. The Hall–Kier alpha value is -1.07. The van der Waals surface area contributed by atoms with Crippen LogP contribution in [0.25, 0.3) is 0 Å². The third kappa shape index (κ3) is 18.1. The van der Waals surface area contributed by atoms with E-state index >= 15 is 0 Å². The van der Waals surface area contributed by atoms with Crippen LogP contribution in [0.1, 0.15) is 13.8 Å². The van der Waals surface area contributed by atoms with Crippen molar-refractivity contribution < 1.29 is 19.5 Å². The Bertz CT molecular complexity index is 170. The lowest BCUT2D eigenvalue weighted by Gasteiger charge is -1.96. The third-order valence-corrected chi connectivity index (χ3v) is 0.762. The Balaban J connectivity index is -0.000000150. The van der Waals surface area contributed by atoms with Crippen LogP contribution < -0.4 is 5.90 Å². The van der Waals surface area contributed by atoms with Crippen molar-refractivity contribution >= 4 is 24.3 Å². The first-order valence-electron chi connectivity index (χ1n) is 3.21. The Morgan fingerprint density at radius 2 is 1.85 bits per heavy atom. The maximum absolute atomic E-state index is 10.2. The van der Waals surface area contributed by atoms with Gasteiger partial charge >= 0.3 is 11.9 Å². The van der Waals surface area contributed by atoms with Crippen molar-refractivity contribution in [1.82, 2.24) is 0 Å². The zero-order chi connectivity index (χ0) is 10.1. The molecule has 6 heteroatoms. The normalized spacial score (nSPS) is 7.38. The van der Waals surface area contributed by atoms with Crippen molar-refractivity contribution in [2.24, 2.45) is 11.8 Å². The topological polar surface area (TPSA) is 89.6 Å². The first-order chi connectivity index (χ1) is 5.45. The molecule has 0 saturated heterocycles. The van der Waals surface area contributed by atoms with Crippen LogP contribution in [0.2, 0.25) is 0 Å². The Morgan fingerprint density at radius 3 is 1.85 bits per heavy atom. The Morgan fingerprint density at radius 1 is 1.54 bits per heavy atom. The largest absolute Gasteiger partial charge is 0.478 e. The van der Waals surface area contributed by atoms with Crippen molar-refractivity contribution in [2.45, 2.75) is 13.8 Å². The summed E-state index contributed by atoms with van der Waals surface area (Å²) in [4.78, 5) is 23.3. The maximum atomic E-state index is 10.2. The molecule has 0 rings (SSSR count). The van der Waals surface area contributed by atoms with Crippen LogP contribution in [-0.2, 0) is 14.4 Å². The van der Waals surface area contributed by atoms with Crippen LogP contribution in [0, 0.1) is 5.92 Å². The fourth-order valence-corrected chi connectivity index (χ4v) is 0.136. The molecule has 0 aliphatic carbocycles. The van der Waals surface area contributed by atoms with Gasteiger partial charge < -0.3 is 9.94 Å². The average molecular weight is 212 g/mol. The van der Waals surface area contributed by atoms with Crippen molar-refractivity contribution in [3.8, 4) is 0 Å².